The van der Waals surface area contributed by atoms with Crippen molar-refractivity contribution >= 4 is 11.4 Å². The van der Waals surface area contributed by atoms with E-state index in [9.17, 15) is 0 Å². The van der Waals surface area contributed by atoms with Gasteiger partial charge in [0.25, 0.3) is 0 Å². The Morgan fingerprint density at radius 2 is 2.07 bits per heavy atom. The number of hydrogen-bond acceptors (Lipinski definition) is 4. The van der Waals surface area contributed by atoms with Gasteiger partial charge < -0.3 is 0 Å². The Balaban J connectivity index is 2.85. The molecule has 1 rings (SSSR count). The third-order valence-corrected chi connectivity index (χ3v) is 1.54. The van der Waals surface area contributed by atoms with Gasteiger partial charge in [-0.05, 0) is 18.2 Å². The first-order valence-corrected chi connectivity index (χ1v) is 4.00. The van der Waals surface area contributed by atoms with E-state index in [1.165, 1.54) is 0 Å². The number of hydrazone groups is 1. The van der Waals surface area contributed by atoms with Crippen LogP contribution in [0, 0.1) is 35.0 Å². The molecule has 0 unspecified atom stereocenters. The molecule has 0 heterocycles. The number of anilines is 1. The second kappa shape index (κ2) is 5.07. The van der Waals surface area contributed by atoms with Gasteiger partial charge in [0, 0.05) is 5.56 Å². The summed E-state index contributed by atoms with van der Waals surface area (Å²) < 4.78 is 0. The Kier molecular flexibility index (Phi) is 3.48. The predicted molar refractivity (Wildman–Crippen MR) is 56.7 cm³/mol. The van der Waals surface area contributed by atoms with Crippen LogP contribution >= 0.6 is 0 Å². The van der Waals surface area contributed by atoms with Gasteiger partial charge in [0.05, 0.1) is 5.69 Å². The molecule has 1 aromatic rings. The van der Waals surface area contributed by atoms with E-state index in [0.29, 0.717) is 11.3 Å². The maximum absolute atomic E-state index is 8.43. The van der Waals surface area contributed by atoms with Crippen LogP contribution < -0.4 is 5.43 Å². The van der Waals surface area contributed by atoms with Crippen molar-refractivity contribution in [2.45, 2.75) is 0 Å². The van der Waals surface area contributed by atoms with Crippen LogP contribution in [-0.4, -0.2) is 5.71 Å². The zero-order valence-corrected chi connectivity index (χ0v) is 7.73. The maximum atomic E-state index is 8.43. The van der Waals surface area contributed by atoms with Crippen LogP contribution in [0.1, 0.15) is 5.56 Å². The predicted octanol–water partition coefficient (Wildman–Crippen LogP) is 1.48. The third kappa shape index (κ3) is 2.88. The summed E-state index contributed by atoms with van der Waals surface area (Å²) in [7, 11) is 0. The molecule has 0 aliphatic rings. The van der Waals surface area contributed by atoms with Gasteiger partial charge in [-0.15, -0.1) is 6.42 Å². The molecule has 0 aliphatic carbocycles. The summed E-state index contributed by atoms with van der Waals surface area (Å²) in [6.07, 6.45) is 5.21. The minimum Gasteiger partial charge on any atom is -0.276 e. The van der Waals surface area contributed by atoms with E-state index in [1.54, 1.807) is 36.4 Å². The van der Waals surface area contributed by atoms with Gasteiger partial charge in [-0.25, -0.2) is 0 Å². The van der Waals surface area contributed by atoms with Crippen molar-refractivity contribution in [3.8, 4) is 24.5 Å². The number of hydrogen-bond donors (Lipinski definition) is 1. The van der Waals surface area contributed by atoms with Gasteiger partial charge >= 0.3 is 0 Å². The molecular formula is C11H6N4. The largest absolute Gasteiger partial charge is 0.276 e. The van der Waals surface area contributed by atoms with Crippen molar-refractivity contribution in [1.82, 2.24) is 0 Å². The smallest absolute Gasteiger partial charge is 0.237 e. The summed E-state index contributed by atoms with van der Waals surface area (Å²) in [5.41, 5.74) is 3.67. The number of terminal acetylenes is 1. The van der Waals surface area contributed by atoms with E-state index in [0.717, 1.165) is 0 Å². The molecule has 0 atom stereocenters. The van der Waals surface area contributed by atoms with E-state index in [-0.39, 0.29) is 5.71 Å². The van der Waals surface area contributed by atoms with Gasteiger partial charge in [0.1, 0.15) is 12.1 Å². The number of nitrogens with one attached hydrogen (secondary N) is 1. The van der Waals surface area contributed by atoms with Crippen LogP contribution in [0.2, 0.25) is 0 Å². The molecule has 0 radical (unpaired) electrons. The quantitative estimate of drug-likeness (QED) is 0.440. The number of nitriles is 2. The fourth-order valence-electron chi connectivity index (χ4n) is 0.874. The first-order chi connectivity index (χ1) is 7.30. The Hall–Kier alpha value is -2.77. The summed E-state index contributed by atoms with van der Waals surface area (Å²) in [5.74, 6) is 2.46. The van der Waals surface area contributed by atoms with Crippen molar-refractivity contribution < 1.29 is 0 Å². The van der Waals surface area contributed by atoms with Gasteiger partial charge in [0.15, 0.2) is 0 Å². The molecule has 0 fully saturated rings. The molecule has 0 aliphatic heterocycles. The highest BCUT2D eigenvalue weighted by atomic mass is 15.3. The minimum atomic E-state index is -0.235. The molecule has 0 saturated heterocycles. The molecule has 0 spiro atoms. The molecular weight excluding hydrogens is 188 g/mol. The standard InChI is InChI=1S/C11H6N4/c1-2-9-4-3-5-10(6-9)14-15-11(7-12)8-13/h1,3-6,14H. The second-order valence-corrected chi connectivity index (χ2v) is 2.52. The number of rotatable bonds is 2. The van der Waals surface area contributed by atoms with Crippen LogP contribution in [0.25, 0.3) is 0 Å². The average Bonchev–Trinajstić information content (AvgIpc) is 2.31. The summed E-state index contributed by atoms with van der Waals surface area (Å²) in [4.78, 5) is 0. The molecule has 0 aromatic heterocycles. The molecule has 0 saturated carbocycles. The summed E-state index contributed by atoms with van der Waals surface area (Å²) >= 11 is 0. The van der Waals surface area contributed by atoms with Gasteiger partial charge in [-0.1, -0.05) is 12.0 Å². The van der Waals surface area contributed by atoms with E-state index in [1.807, 2.05) is 0 Å². The van der Waals surface area contributed by atoms with Crippen molar-refractivity contribution in [3.63, 3.8) is 0 Å². The Bertz CT molecular complexity index is 493. The van der Waals surface area contributed by atoms with Crippen LogP contribution in [0.15, 0.2) is 29.4 Å². The zero-order chi connectivity index (χ0) is 11.1. The van der Waals surface area contributed by atoms with E-state index in [4.69, 9.17) is 16.9 Å². The maximum Gasteiger partial charge on any atom is 0.237 e. The van der Waals surface area contributed by atoms with Gasteiger partial charge in [0.2, 0.25) is 5.71 Å². The SMILES string of the molecule is C#Cc1cccc(NN=C(C#N)C#N)c1. The van der Waals surface area contributed by atoms with E-state index < -0.39 is 0 Å². The Labute approximate surface area is 87.5 Å². The lowest BCUT2D eigenvalue weighted by Crippen LogP contribution is -1.96. The fraction of sp³-hybridized carbons (Fsp3) is 0. The first kappa shape index (κ1) is 10.3. The van der Waals surface area contributed by atoms with Crippen LogP contribution in [0.4, 0.5) is 5.69 Å². The monoisotopic (exact) mass is 194 g/mol. The zero-order valence-electron chi connectivity index (χ0n) is 7.73. The molecule has 0 bridgehead atoms. The van der Waals surface area contributed by atoms with Crippen molar-refractivity contribution in [2.24, 2.45) is 5.10 Å². The summed E-state index contributed by atoms with van der Waals surface area (Å²) in [6.45, 7) is 0. The minimum absolute atomic E-state index is 0.235. The van der Waals surface area contributed by atoms with Crippen LogP contribution in [-0.2, 0) is 0 Å². The molecule has 1 N–H and O–H groups in total. The molecule has 1 aromatic carbocycles. The van der Waals surface area contributed by atoms with Crippen molar-refractivity contribution in [3.05, 3.63) is 29.8 Å². The summed E-state index contributed by atoms with van der Waals surface area (Å²) in [5, 5.41) is 20.4. The van der Waals surface area contributed by atoms with Gasteiger partial charge in [-0.3, -0.25) is 5.43 Å². The highest BCUT2D eigenvalue weighted by molar-refractivity contribution is 6.10. The van der Waals surface area contributed by atoms with Crippen molar-refractivity contribution in [2.75, 3.05) is 5.43 Å². The third-order valence-electron chi connectivity index (χ3n) is 1.54. The summed E-state index contributed by atoms with van der Waals surface area (Å²) in [6, 6.07) is 10.2. The van der Waals surface area contributed by atoms with Crippen LogP contribution in [0.3, 0.4) is 0 Å². The lowest BCUT2D eigenvalue weighted by Gasteiger charge is -1.99. The molecule has 15 heavy (non-hydrogen) atoms. The lowest BCUT2D eigenvalue weighted by molar-refractivity contribution is 1.33. The topological polar surface area (TPSA) is 72.0 Å². The first-order valence-electron chi connectivity index (χ1n) is 4.00. The van der Waals surface area contributed by atoms with Crippen LogP contribution in [0.5, 0.6) is 0 Å². The second-order valence-electron chi connectivity index (χ2n) is 2.52. The highest BCUT2D eigenvalue weighted by Gasteiger charge is 1.94. The molecule has 4 heteroatoms. The average molecular weight is 194 g/mol. The molecule has 0 amide bonds. The van der Waals surface area contributed by atoms with Crippen molar-refractivity contribution in [1.29, 1.82) is 10.5 Å². The fourth-order valence-corrected chi connectivity index (χ4v) is 0.874. The number of benzene rings is 1. The molecule has 4 nitrogen and oxygen atoms in total. The van der Waals surface area contributed by atoms with E-state index in [2.05, 4.69) is 16.4 Å². The lowest BCUT2D eigenvalue weighted by atomic mass is 10.2. The van der Waals surface area contributed by atoms with Gasteiger partial charge in [-0.2, -0.15) is 15.6 Å². The molecule has 70 valence electrons. The Morgan fingerprint density at radius 1 is 1.33 bits per heavy atom. The Morgan fingerprint density at radius 3 is 2.67 bits per heavy atom. The normalized spacial score (nSPS) is 7.80. The number of nitrogens with zero attached hydrogens (tertiary/aromatic N) is 3. The highest BCUT2D eigenvalue weighted by Crippen LogP contribution is 2.09. The van der Waals surface area contributed by atoms with E-state index >= 15 is 0 Å².